The van der Waals surface area contributed by atoms with Gasteiger partial charge in [0.05, 0.1) is 11.1 Å². The minimum Gasteiger partial charge on any atom is -0.480 e. The van der Waals surface area contributed by atoms with E-state index in [0.717, 1.165) is 0 Å². The maximum absolute atomic E-state index is 12.4. The van der Waals surface area contributed by atoms with Crippen molar-refractivity contribution in [2.45, 2.75) is 23.0 Å². The highest BCUT2D eigenvalue weighted by Gasteiger charge is 2.30. The highest BCUT2D eigenvalue weighted by atomic mass is 32.2. The van der Waals surface area contributed by atoms with Crippen molar-refractivity contribution in [3.63, 3.8) is 0 Å². The minimum atomic E-state index is -3.52. The largest absolute Gasteiger partial charge is 0.480 e. The first-order chi connectivity index (χ1) is 12.0. The summed E-state index contributed by atoms with van der Waals surface area (Å²) < 4.78 is 36.0. The van der Waals surface area contributed by atoms with Crippen LogP contribution in [0, 0.1) is 0 Å². The Morgan fingerprint density at radius 2 is 1.84 bits per heavy atom. The van der Waals surface area contributed by atoms with Gasteiger partial charge in [0.15, 0.2) is 22.2 Å². The SMILES string of the molecule is COC1C(Oc2ccc(S(=O)(=O)Cc3ncccn3)cc2)C=NN1C. The van der Waals surface area contributed by atoms with E-state index < -0.39 is 9.84 Å². The molecule has 0 saturated heterocycles. The van der Waals surface area contributed by atoms with E-state index in [2.05, 4.69) is 15.1 Å². The number of aromatic nitrogens is 2. The van der Waals surface area contributed by atoms with Crippen molar-refractivity contribution >= 4 is 16.1 Å². The van der Waals surface area contributed by atoms with Crippen LogP contribution in [0.25, 0.3) is 0 Å². The average molecular weight is 362 g/mol. The molecule has 9 heteroatoms. The van der Waals surface area contributed by atoms with E-state index in [1.54, 1.807) is 43.6 Å². The molecule has 0 fully saturated rings. The van der Waals surface area contributed by atoms with Crippen molar-refractivity contribution in [3.05, 3.63) is 48.5 Å². The van der Waals surface area contributed by atoms with Crippen molar-refractivity contribution in [3.8, 4) is 5.75 Å². The Hall–Kier alpha value is -2.52. The van der Waals surface area contributed by atoms with Crippen molar-refractivity contribution < 1.29 is 17.9 Å². The molecule has 2 atom stereocenters. The van der Waals surface area contributed by atoms with Crippen LogP contribution in [0.15, 0.2) is 52.7 Å². The maximum atomic E-state index is 12.4. The zero-order valence-corrected chi connectivity index (χ0v) is 14.6. The summed E-state index contributed by atoms with van der Waals surface area (Å²) in [4.78, 5) is 8.09. The van der Waals surface area contributed by atoms with Crippen LogP contribution in [0.5, 0.6) is 5.75 Å². The molecule has 132 valence electrons. The fourth-order valence-corrected chi connectivity index (χ4v) is 3.65. The summed E-state index contributed by atoms with van der Waals surface area (Å²) in [6.07, 6.45) is 3.99. The molecule has 0 spiro atoms. The number of nitrogens with zero attached hydrogens (tertiary/aromatic N) is 4. The first-order valence-corrected chi connectivity index (χ1v) is 9.20. The third-order valence-electron chi connectivity index (χ3n) is 3.68. The van der Waals surface area contributed by atoms with E-state index >= 15 is 0 Å². The molecule has 1 aromatic carbocycles. The first-order valence-electron chi connectivity index (χ1n) is 7.55. The number of likely N-dealkylation sites (N-methyl/N-ethyl adjacent to an activating group) is 1. The van der Waals surface area contributed by atoms with Gasteiger partial charge in [-0.15, -0.1) is 0 Å². The van der Waals surface area contributed by atoms with Crippen LogP contribution >= 0.6 is 0 Å². The molecule has 2 aromatic rings. The van der Waals surface area contributed by atoms with Gasteiger partial charge in [-0.3, -0.25) is 5.01 Å². The molecule has 0 saturated carbocycles. The highest BCUT2D eigenvalue weighted by molar-refractivity contribution is 7.90. The third kappa shape index (κ3) is 3.94. The van der Waals surface area contributed by atoms with Crippen LogP contribution < -0.4 is 4.74 Å². The lowest BCUT2D eigenvalue weighted by atomic mass is 10.3. The number of rotatable bonds is 6. The Kier molecular flexibility index (Phi) is 4.95. The molecule has 0 bridgehead atoms. The van der Waals surface area contributed by atoms with Crippen molar-refractivity contribution in [1.29, 1.82) is 0 Å². The zero-order valence-electron chi connectivity index (χ0n) is 13.8. The lowest BCUT2D eigenvalue weighted by molar-refractivity contribution is -0.0482. The number of benzene rings is 1. The quantitative estimate of drug-likeness (QED) is 0.759. The van der Waals surface area contributed by atoms with Gasteiger partial charge in [-0.05, 0) is 30.3 Å². The minimum absolute atomic E-state index is 0.188. The summed E-state index contributed by atoms with van der Waals surface area (Å²) in [5.41, 5.74) is 0. The number of ether oxygens (including phenoxy) is 2. The normalized spacial score (nSPS) is 20.0. The smallest absolute Gasteiger partial charge is 0.186 e. The topological polar surface area (TPSA) is 94.0 Å². The van der Waals surface area contributed by atoms with E-state index in [1.807, 2.05) is 0 Å². The van der Waals surface area contributed by atoms with Gasteiger partial charge >= 0.3 is 0 Å². The first kappa shape index (κ1) is 17.3. The zero-order chi connectivity index (χ0) is 17.9. The maximum Gasteiger partial charge on any atom is 0.186 e. The molecule has 1 aliphatic heterocycles. The van der Waals surface area contributed by atoms with Gasteiger partial charge in [0.2, 0.25) is 0 Å². The van der Waals surface area contributed by atoms with Gasteiger partial charge < -0.3 is 9.47 Å². The lowest BCUT2D eigenvalue weighted by Crippen LogP contribution is -2.38. The van der Waals surface area contributed by atoms with Crippen molar-refractivity contribution in [2.75, 3.05) is 14.2 Å². The van der Waals surface area contributed by atoms with Gasteiger partial charge in [-0.1, -0.05) is 0 Å². The molecule has 0 aliphatic carbocycles. The summed E-state index contributed by atoms with van der Waals surface area (Å²) in [7, 11) is -0.157. The van der Waals surface area contributed by atoms with Crippen LogP contribution in [-0.4, -0.2) is 56.1 Å². The molecule has 1 aromatic heterocycles. The second kappa shape index (κ2) is 7.16. The predicted molar refractivity (Wildman–Crippen MR) is 90.8 cm³/mol. The highest BCUT2D eigenvalue weighted by Crippen LogP contribution is 2.22. The van der Waals surface area contributed by atoms with Gasteiger partial charge in [0.1, 0.15) is 17.3 Å². The summed E-state index contributed by atoms with van der Waals surface area (Å²) in [6, 6.07) is 7.87. The summed E-state index contributed by atoms with van der Waals surface area (Å²) >= 11 is 0. The van der Waals surface area contributed by atoms with Gasteiger partial charge in [-0.2, -0.15) is 5.10 Å². The molecule has 2 unspecified atom stereocenters. The number of hydrogen-bond acceptors (Lipinski definition) is 8. The molecule has 0 radical (unpaired) electrons. The van der Waals surface area contributed by atoms with Gasteiger partial charge in [0.25, 0.3) is 0 Å². The van der Waals surface area contributed by atoms with Crippen LogP contribution in [0.2, 0.25) is 0 Å². The molecule has 3 rings (SSSR count). The molecule has 0 N–H and O–H groups in total. The molecule has 25 heavy (non-hydrogen) atoms. The Morgan fingerprint density at radius 3 is 2.48 bits per heavy atom. The van der Waals surface area contributed by atoms with E-state index in [-0.39, 0.29) is 28.8 Å². The monoisotopic (exact) mass is 362 g/mol. The summed E-state index contributed by atoms with van der Waals surface area (Å²) in [5, 5.41) is 5.77. The van der Waals surface area contributed by atoms with Crippen LogP contribution in [0.1, 0.15) is 5.82 Å². The fraction of sp³-hybridized carbons (Fsp3) is 0.312. The lowest BCUT2D eigenvalue weighted by Gasteiger charge is -2.23. The molecule has 8 nitrogen and oxygen atoms in total. The van der Waals surface area contributed by atoms with E-state index in [0.29, 0.717) is 5.75 Å². The summed E-state index contributed by atoms with van der Waals surface area (Å²) in [6.45, 7) is 0. The van der Waals surface area contributed by atoms with E-state index in [9.17, 15) is 8.42 Å². The second-order valence-corrected chi connectivity index (χ2v) is 7.43. The van der Waals surface area contributed by atoms with Crippen LogP contribution in [-0.2, 0) is 20.3 Å². The van der Waals surface area contributed by atoms with E-state index in [1.165, 1.54) is 24.5 Å². The van der Waals surface area contributed by atoms with E-state index in [4.69, 9.17) is 9.47 Å². The van der Waals surface area contributed by atoms with Crippen molar-refractivity contribution in [2.24, 2.45) is 5.10 Å². The Balaban J connectivity index is 1.71. The molecule has 2 heterocycles. The van der Waals surface area contributed by atoms with Gasteiger partial charge in [-0.25, -0.2) is 18.4 Å². The molecule has 1 aliphatic rings. The number of hydrogen-bond donors (Lipinski definition) is 0. The van der Waals surface area contributed by atoms with Crippen molar-refractivity contribution in [1.82, 2.24) is 15.0 Å². The van der Waals surface area contributed by atoms with Crippen LogP contribution in [0.3, 0.4) is 0 Å². The van der Waals surface area contributed by atoms with Gasteiger partial charge in [0, 0.05) is 26.6 Å². The van der Waals surface area contributed by atoms with Crippen LogP contribution in [0.4, 0.5) is 0 Å². The summed E-state index contributed by atoms with van der Waals surface area (Å²) in [5.74, 6) is 0.541. The average Bonchev–Trinajstić information content (AvgIpc) is 2.95. The number of hydrazone groups is 1. The molecule has 0 amide bonds. The molecular weight excluding hydrogens is 344 g/mol. The third-order valence-corrected chi connectivity index (χ3v) is 5.31. The fourth-order valence-electron chi connectivity index (χ4n) is 2.44. The second-order valence-electron chi connectivity index (χ2n) is 5.44. The number of methoxy groups -OCH3 is 1. The number of sulfone groups is 1. The Bertz CT molecular complexity index is 840. The Labute approximate surface area is 146 Å². The predicted octanol–water partition coefficient (Wildman–Crippen LogP) is 1.10. The Morgan fingerprint density at radius 1 is 1.16 bits per heavy atom. The molecular formula is C16H18N4O4S. The standard InChI is InChI=1S/C16H18N4O4S/c1-20-16(23-2)14(10-19-20)24-12-4-6-13(7-5-12)25(21,22)11-15-17-8-3-9-18-15/h3-10,14,16H,11H2,1-2H3.